The highest BCUT2D eigenvalue weighted by Crippen LogP contribution is 2.14. The molecule has 21 heavy (non-hydrogen) atoms. The molecule has 1 fully saturated rings. The van der Waals surface area contributed by atoms with Crippen LogP contribution >= 0.6 is 0 Å². The Morgan fingerprint density at radius 1 is 1.33 bits per heavy atom. The van der Waals surface area contributed by atoms with Crippen molar-refractivity contribution in [2.45, 2.75) is 6.42 Å². The maximum atomic E-state index is 12.3. The van der Waals surface area contributed by atoms with E-state index in [4.69, 9.17) is 9.15 Å². The Hall–Kier alpha value is -2.28. The van der Waals surface area contributed by atoms with Crippen molar-refractivity contribution >= 4 is 5.91 Å². The highest BCUT2D eigenvalue weighted by molar-refractivity contribution is 5.91. The fraction of sp³-hybridized carbons (Fsp3) is 0.429. The molecule has 7 heteroatoms. The first-order chi connectivity index (χ1) is 10.3. The van der Waals surface area contributed by atoms with Gasteiger partial charge in [0.25, 0.3) is 5.91 Å². The molecule has 7 nitrogen and oxygen atoms in total. The van der Waals surface area contributed by atoms with Crippen LogP contribution in [-0.4, -0.2) is 52.1 Å². The molecule has 0 aromatic carbocycles. The predicted octanol–water partition coefficient (Wildman–Crippen LogP) is 0.796. The zero-order valence-corrected chi connectivity index (χ0v) is 11.5. The number of rotatable bonds is 3. The van der Waals surface area contributed by atoms with Crippen molar-refractivity contribution in [2.75, 3.05) is 26.3 Å². The van der Waals surface area contributed by atoms with E-state index >= 15 is 0 Å². The van der Waals surface area contributed by atoms with Crippen LogP contribution in [0, 0.1) is 5.92 Å². The van der Waals surface area contributed by atoms with Crippen LogP contribution in [0.25, 0.3) is 0 Å². The van der Waals surface area contributed by atoms with Crippen molar-refractivity contribution < 1.29 is 13.9 Å². The van der Waals surface area contributed by atoms with Crippen LogP contribution in [0.3, 0.4) is 0 Å². The number of ether oxygens (including phenoxy) is 1. The van der Waals surface area contributed by atoms with Crippen LogP contribution in [0.4, 0.5) is 0 Å². The Kier molecular flexibility index (Phi) is 4.20. The molecular weight excluding hydrogens is 272 g/mol. The zero-order valence-electron chi connectivity index (χ0n) is 11.5. The summed E-state index contributed by atoms with van der Waals surface area (Å²) in [4.78, 5) is 26.2. The van der Waals surface area contributed by atoms with Gasteiger partial charge in [0.1, 0.15) is 0 Å². The van der Waals surface area contributed by atoms with Gasteiger partial charge in [-0.05, 0) is 6.42 Å². The van der Waals surface area contributed by atoms with E-state index in [2.05, 4.69) is 15.0 Å². The van der Waals surface area contributed by atoms with Gasteiger partial charge in [0.2, 0.25) is 5.76 Å². The average Bonchev–Trinajstić information content (AvgIpc) is 2.95. The van der Waals surface area contributed by atoms with Crippen LogP contribution in [0.15, 0.2) is 35.6 Å². The van der Waals surface area contributed by atoms with Gasteiger partial charge < -0.3 is 14.1 Å². The SMILES string of the molecule is O=C(c1cnco1)N1CCOC[C@@H](Cc2cnccn2)C1. The summed E-state index contributed by atoms with van der Waals surface area (Å²) >= 11 is 0. The summed E-state index contributed by atoms with van der Waals surface area (Å²) in [6, 6.07) is 0. The third-order valence-corrected chi connectivity index (χ3v) is 3.38. The number of aromatic nitrogens is 3. The van der Waals surface area contributed by atoms with E-state index in [0.717, 1.165) is 12.1 Å². The van der Waals surface area contributed by atoms with Crippen molar-refractivity contribution in [2.24, 2.45) is 5.92 Å². The van der Waals surface area contributed by atoms with Gasteiger partial charge in [-0.2, -0.15) is 0 Å². The molecule has 2 aromatic rings. The molecule has 1 saturated heterocycles. The van der Waals surface area contributed by atoms with E-state index in [1.54, 1.807) is 23.5 Å². The van der Waals surface area contributed by atoms with Gasteiger partial charge in [0.15, 0.2) is 6.39 Å². The van der Waals surface area contributed by atoms with E-state index in [-0.39, 0.29) is 17.6 Å². The molecule has 1 aliphatic heterocycles. The number of amides is 1. The molecule has 0 aliphatic carbocycles. The summed E-state index contributed by atoms with van der Waals surface area (Å²) in [5, 5.41) is 0. The second-order valence-electron chi connectivity index (χ2n) is 4.96. The maximum Gasteiger partial charge on any atom is 0.291 e. The van der Waals surface area contributed by atoms with E-state index in [1.807, 2.05) is 0 Å². The van der Waals surface area contributed by atoms with Crippen molar-refractivity contribution in [3.05, 3.63) is 42.6 Å². The number of hydrogen-bond acceptors (Lipinski definition) is 6. The fourth-order valence-electron chi connectivity index (χ4n) is 2.40. The molecule has 3 rings (SSSR count). The molecule has 0 N–H and O–H groups in total. The normalized spacial score (nSPS) is 19.2. The fourth-order valence-corrected chi connectivity index (χ4v) is 2.40. The van der Waals surface area contributed by atoms with Crippen molar-refractivity contribution in [3.63, 3.8) is 0 Å². The summed E-state index contributed by atoms with van der Waals surface area (Å²) in [5.41, 5.74) is 0.903. The molecule has 0 bridgehead atoms. The molecule has 2 aromatic heterocycles. The van der Waals surface area contributed by atoms with E-state index in [1.165, 1.54) is 12.6 Å². The first kappa shape index (κ1) is 13.7. The molecule has 1 amide bonds. The van der Waals surface area contributed by atoms with Crippen LogP contribution in [0.5, 0.6) is 0 Å². The van der Waals surface area contributed by atoms with Crippen LogP contribution in [0.2, 0.25) is 0 Å². The number of nitrogens with zero attached hydrogens (tertiary/aromatic N) is 4. The van der Waals surface area contributed by atoms with E-state index in [0.29, 0.717) is 26.3 Å². The Balaban J connectivity index is 1.67. The lowest BCUT2D eigenvalue weighted by Gasteiger charge is -2.22. The summed E-state index contributed by atoms with van der Waals surface area (Å²) < 4.78 is 10.7. The summed E-state index contributed by atoms with van der Waals surface area (Å²) in [6.45, 7) is 2.29. The summed E-state index contributed by atoms with van der Waals surface area (Å²) in [7, 11) is 0. The molecular formula is C14H16N4O3. The number of oxazole rings is 1. The Morgan fingerprint density at radius 3 is 3.05 bits per heavy atom. The molecule has 3 heterocycles. The van der Waals surface area contributed by atoms with Gasteiger partial charge in [0, 0.05) is 37.6 Å². The molecule has 1 aliphatic rings. The highest BCUT2D eigenvalue weighted by Gasteiger charge is 2.25. The standard InChI is InChI=1S/C14H16N4O3/c19-14(13-7-16-10-21-13)18-3-4-20-9-11(8-18)5-12-6-15-1-2-17-12/h1-2,6-7,10-11H,3-5,8-9H2/t11-/m0/s1. The third-order valence-electron chi connectivity index (χ3n) is 3.38. The topological polar surface area (TPSA) is 81.4 Å². The molecule has 110 valence electrons. The van der Waals surface area contributed by atoms with Crippen molar-refractivity contribution in [3.8, 4) is 0 Å². The zero-order chi connectivity index (χ0) is 14.5. The molecule has 0 unspecified atom stereocenters. The number of carbonyl (C=O) groups excluding carboxylic acids is 1. The predicted molar refractivity (Wildman–Crippen MR) is 72.5 cm³/mol. The molecule has 0 saturated carbocycles. The summed E-state index contributed by atoms with van der Waals surface area (Å²) in [5.74, 6) is 0.299. The largest absolute Gasteiger partial charge is 0.438 e. The van der Waals surface area contributed by atoms with Gasteiger partial charge in [0.05, 0.1) is 25.1 Å². The van der Waals surface area contributed by atoms with E-state index < -0.39 is 0 Å². The lowest BCUT2D eigenvalue weighted by molar-refractivity contribution is 0.0705. The molecule has 1 atom stereocenters. The lowest BCUT2D eigenvalue weighted by Crippen LogP contribution is -2.36. The first-order valence-corrected chi connectivity index (χ1v) is 6.83. The minimum atomic E-state index is -0.151. The lowest BCUT2D eigenvalue weighted by atomic mass is 10.0. The highest BCUT2D eigenvalue weighted by atomic mass is 16.5. The van der Waals surface area contributed by atoms with Gasteiger partial charge in [-0.15, -0.1) is 0 Å². The van der Waals surface area contributed by atoms with Crippen molar-refractivity contribution in [1.29, 1.82) is 0 Å². The monoisotopic (exact) mass is 288 g/mol. The first-order valence-electron chi connectivity index (χ1n) is 6.83. The van der Waals surface area contributed by atoms with E-state index in [9.17, 15) is 4.79 Å². The molecule has 0 radical (unpaired) electrons. The number of carbonyl (C=O) groups is 1. The molecule has 0 spiro atoms. The van der Waals surface area contributed by atoms with Crippen LogP contribution < -0.4 is 0 Å². The smallest absolute Gasteiger partial charge is 0.291 e. The minimum absolute atomic E-state index is 0.151. The van der Waals surface area contributed by atoms with Gasteiger partial charge >= 0.3 is 0 Å². The number of hydrogen-bond donors (Lipinski definition) is 0. The van der Waals surface area contributed by atoms with Crippen molar-refractivity contribution in [1.82, 2.24) is 19.9 Å². The maximum absolute atomic E-state index is 12.3. The average molecular weight is 288 g/mol. The third kappa shape index (κ3) is 3.43. The Morgan fingerprint density at radius 2 is 2.29 bits per heavy atom. The quantitative estimate of drug-likeness (QED) is 0.830. The Labute approximate surface area is 122 Å². The second-order valence-corrected chi connectivity index (χ2v) is 4.96. The minimum Gasteiger partial charge on any atom is -0.438 e. The second kappa shape index (κ2) is 6.45. The van der Waals surface area contributed by atoms with Crippen LogP contribution in [0.1, 0.15) is 16.2 Å². The van der Waals surface area contributed by atoms with Gasteiger partial charge in [-0.1, -0.05) is 0 Å². The summed E-state index contributed by atoms with van der Waals surface area (Å²) in [6.07, 6.45) is 8.49. The Bertz CT molecular complexity index is 573. The van der Waals surface area contributed by atoms with Gasteiger partial charge in [-0.25, -0.2) is 4.98 Å². The van der Waals surface area contributed by atoms with Crippen LogP contribution in [-0.2, 0) is 11.2 Å². The van der Waals surface area contributed by atoms with Gasteiger partial charge in [-0.3, -0.25) is 14.8 Å².